The number of anilines is 1. The van der Waals surface area contributed by atoms with Gasteiger partial charge < -0.3 is 16.6 Å². The molecule has 0 saturated heterocycles. The molecule has 0 fully saturated rings. The molecule has 0 spiro atoms. The zero-order chi connectivity index (χ0) is 12.1. The van der Waals surface area contributed by atoms with Gasteiger partial charge in [0.2, 0.25) is 17.7 Å². The van der Waals surface area contributed by atoms with E-state index in [1.807, 2.05) is 0 Å². The van der Waals surface area contributed by atoms with Crippen molar-refractivity contribution in [2.75, 3.05) is 5.73 Å². The lowest BCUT2D eigenvalue weighted by Crippen LogP contribution is -2.16. The molecule has 0 radical (unpaired) electrons. The Labute approximate surface area is 91.5 Å². The number of unbranched alkanes of at least 4 members (excludes halogenated alkanes) is 1. The zero-order valence-corrected chi connectivity index (χ0v) is 8.69. The van der Waals surface area contributed by atoms with Crippen LogP contribution in [0.1, 0.15) is 24.8 Å². The number of nitrogen functional groups attached to an aromatic ring is 1. The molecule has 0 aliphatic rings. The first kappa shape index (κ1) is 12.0. The number of nitrogens with one attached hydrogen (secondary N) is 1. The van der Waals surface area contributed by atoms with Gasteiger partial charge in [-0.15, -0.1) is 0 Å². The molecule has 0 aromatic carbocycles. The first-order chi connectivity index (χ1) is 7.50. The average Bonchev–Trinajstić information content (AvgIpc) is 2.14. The fourth-order valence-corrected chi connectivity index (χ4v) is 1.33. The Morgan fingerprint density at radius 3 is 2.69 bits per heavy atom. The van der Waals surface area contributed by atoms with Crippen LogP contribution in [0.5, 0.6) is 5.88 Å². The molecule has 0 bridgehead atoms. The molecular formula is C9H14N4O3. The SMILES string of the molecule is NC(=O)CCCCc1c(O)nc(N)[nH]c1=O. The maximum Gasteiger partial charge on any atom is 0.259 e. The number of nitrogens with two attached hydrogens (primary N) is 2. The molecule has 88 valence electrons. The summed E-state index contributed by atoms with van der Waals surface area (Å²) in [6.07, 6.45) is 1.74. The van der Waals surface area contributed by atoms with Gasteiger partial charge in [0, 0.05) is 6.42 Å². The number of primary amides is 1. The summed E-state index contributed by atoms with van der Waals surface area (Å²) < 4.78 is 0. The van der Waals surface area contributed by atoms with Crippen LogP contribution in [0.4, 0.5) is 5.95 Å². The van der Waals surface area contributed by atoms with Crippen molar-refractivity contribution in [1.82, 2.24) is 9.97 Å². The standard InChI is InChI=1S/C9H14N4O3/c10-6(14)4-2-1-3-5-7(15)12-9(11)13-8(5)16/h1-4H2,(H2,10,14)(H4,11,12,13,15,16). The van der Waals surface area contributed by atoms with Gasteiger partial charge in [-0.3, -0.25) is 14.6 Å². The van der Waals surface area contributed by atoms with E-state index in [-0.39, 0.29) is 29.7 Å². The number of nitrogens with zero attached hydrogens (tertiary/aromatic N) is 1. The minimum Gasteiger partial charge on any atom is -0.493 e. The van der Waals surface area contributed by atoms with Crippen molar-refractivity contribution in [2.45, 2.75) is 25.7 Å². The number of H-pyrrole nitrogens is 1. The normalized spacial score (nSPS) is 10.2. The lowest BCUT2D eigenvalue weighted by atomic mass is 10.1. The molecule has 1 aromatic heterocycles. The van der Waals surface area contributed by atoms with E-state index in [0.717, 1.165) is 0 Å². The molecule has 1 rings (SSSR count). The number of aromatic nitrogens is 2. The van der Waals surface area contributed by atoms with E-state index in [1.54, 1.807) is 0 Å². The first-order valence-electron chi connectivity index (χ1n) is 4.86. The van der Waals surface area contributed by atoms with Crippen LogP contribution in [0.2, 0.25) is 0 Å². The summed E-state index contributed by atoms with van der Waals surface area (Å²) in [7, 11) is 0. The third-order valence-corrected chi connectivity index (χ3v) is 2.11. The Morgan fingerprint density at radius 2 is 2.12 bits per heavy atom. The predicted molar refractivity (Wildman–Crippen MR) is 57.7 cm³/mol. The Morgan fingerprint density at radius 1 is 1.44 bits per heavy atom. The molecule has 16 heavy (non-hydrogen) atoms. The van der Waals surface area contributed by atoms with Gasteiger partial charge in [-0.1, -0.05) is 0 Å². The smallest absolute Gasteiger partial charge is 0.259 e. The second kappa shape index (κ2) is 5.15. The lowest BCUT2D eigenvalue weighted by Gasteiger charge is -2.02. The highest BCUT2D eigenvalue weighted by Gasteiger charge is 2.09. The number of amides is 1. The van der Waals surface area contributed by atoms with Crippen molar-refractivity contribution in [3.05, 3.63) is 15.9 Å². The van der Waals surface area contributed by atoms with Crippen molar-refractivity contribution in [2.24, 2.45) is 5.73 Å². The van der Waals surface area contributed by atoms with Crippen molar-refractivity contribution in [3.63, 3.8) is 0 Å². The third kappa shape index (κ3) is 3.26. The Bertz CT molecular complexity index is 441. The van der Waals surface area contributed by atoms with Gasteiger partial charge in [-0.25, -0.2) is 0 Å². The van der Waals surface area contributed by atoms with Crippen LogP contribution in [0, 0.1) is 0 Å². The minimum atomic E-state index is -0.455. The fourth-order valence-electron chi connectivity index (χ4n) is 1.33. The van der Waals surface area contributed by atoms with Crippen LogP contribution >= 0.6 is 0 Å². The highest BCUT2D eigenvalue weighted by Crippen LogP contribution is 2.12. The van der Waals surface area contributed by atoms with Gasteiger partial charge >= 0.3 is 0 Å². The summed E-state index contributed by atoms with van der Waals surface area (Å²) in [5.74, 6) is -0.864. The van der Waals surface area contributed by atoms with Gasteiger partial charge in [0.05, 0.1) is 5.56 Å². The Kier molecular flexibility index (Phi) is 3.87. The molecule has 0 unspecified atom stereocenters. The van der Waals surface area contributed by atoms with Crippen molar-refractivity contribution in [1.29, 1.82) is 0 Å². The number of carbonyl (C=O) groups excluding carboxylic acids is 1. The van der Waals surface area contributed by atoms with E-state index in [9.17, 15) is 14.7 Å². The van der Waals surface area contributed by atoms with Gasteiger partial charge in [0.1, 0.15) is 0 Å². The fraction of sp³-hybridized carbons (Fsp3) is 0.444. The van der Waals surface area contributed by atoms with E-state index >= 15 is 0 Å². The maximum atomic E-state index is 11.4. The number of aromatic amines is 1. The molecule has 0 aliphatic heterocycles. The molecule has 1 heterocycles. The van der Waals surface area contributed by atoms with E-state index in [2.05, 4.69) is 9.97 Å². The highest BCUT2D eigenvalue weighted by atomic mass is 16.3. The van der Waals surface area contributed by atoms with Gasteiger partial charge in [0.15, 0.2) is 0 Å². The summed E-state index contributed by atoms with van der Waals surface area (Å²) in [5, 5.41) is 9.38. The zero-order valence-electron chi connectivity index (χ0n) is 8.69. The van der Waals surface area contributed by atoms with Crippen molar-refractivity contribution >= 4 is 11.9 Å². The molecule has 7 nitrogen and oxygen atoms in total. The first-order valence-corrected chi connectivity index (χ1v) is 4.86. The van der Waals surface area contributed by atoms with Gasteiger partial charge in [0.25, 0.3) is 5.56 Å². The topological polar surface area (TPSA) is 135 Å². The summed E-state index contributed by atoms with van der Waals surface area (Å²) in [5.41, 5.74) is 9.93. The van der Waals surface area contributed by atoms with Crippen LogP contribution in [0.15, 0.2) is 4.79 Å². The number of aromatic hydroxyl groups is 1. The second-order valence-electron chi connectivity index (χ2n) is 3.43. The Balaban J connectivity index is 2.61. The maximum absolute atomic E-state index is 11.4. The molecule has 0 saturated carbocycles. The molecular weight excluding hydrogens is 212 g/mol. The van der Waals surface area contributed by atoms with Crippen molar-refractivity contribution < 1.29 is 9.90 Å². The quantitative estimate of drug-likeness (QED) is 0.490. The monoisotopic (exact) mass is 226 g/mol. The highest BCUT2D eigenvalue weighted by molar-refractivity contribution is 5.73. The molecule has 1 aromatic rings. The number of hydrogen-bond donors (Lipinski definition) is 4. The number of hydrogen-bond acceptors (Lipinski definition) is 5. The largest absolute Gasteiger partial charge is 0.493 e. The Hall–Kier alpha value is -2.05. The van der Waals surface area contributed by atoms with Crippen LogP contribution < -0.4 is 17.0 Å². The number of carbonyl (C=O) groups is 1. The van der Waals surface area contributed by atoms with Gasteiger partial charge in [-0.2, -0.15) is 4.98 Å². The summed E-state index contributed by atoms with van der Waals surface area (Å²) >= 11 is 0. The van der Waals surface area contributed by atoms with E-state index in [1.165, 1.54) is 0 Å². The molecule has 0 atom stereocenters. The average molecular weight is 226 g/mol. The third-order valence-electron chi connectivity index (χ3n) is 2.11. The van der Waals surface area contributed by atoms with E-state index in [0.29, 0.717) is 19.3 Å². The number of rotatable bonds is 5. The van der Waals surface area contributed by atoms with Crippen molar-refractivity contribution in [3.8, 4) is 5.88 Å². The van der Waals surface area contributed by atoms with E-state index in [4.69, 9.17) is 11.5 Å². The molecule has 7 heteroatoms. The van der Waals surface area contributed by atoms with Crippen LogP contribution in [-0.2, 0) is 11.2 Å². The summed E-state index contributed by atoms with van der Waals surface area (Å²) in [6, 6.07) is 0. The minimum absolute atomic E-state index is 0.122. The van der Waals surface area contributed by atoms with Gasteiger partial charge in [-0.05, 0) is 19.3 Å². The predicted octanol–water partition coefficient (Wildman–Crippen LogP) is -0.744. The summed E-state index contributed by atoms with van der Waals surface area (Å²) in [4.78, 5) is 27.7. The van der Waals surface area contributed by atoms with Crippen LogP contribution in [-0.4, -0.2) is 21.0 Å². The van der Waals surface area contributed by atoms with Crippen LogP contribution in [0.25, 0.3) is 0 Å². The molecule has 6 N–H and O–H groups in total. The second-order valence-corrected chi connectivity index (χ2v) is 3.43. The molecule has 1 amide bonds. The summed E-state index contributed by atoms with van der Waals surface area (Å²) in [6.45, 7) is 0. The van der Waals surface area contributed by atoms with E-state index < -0.39 is 5.56 Å². The molecule has 0 aliphatic carbocycles. The lowest BCUT2D eigenvalue weighted by molar-refractivity contribution is -0.118. The van der Waals surface area contributed by atoms with Crippen LogP contribution in [0.3, 0.4) is 0 Å².